The summed E-state index contributed by atoms with van der Waals surface area (Å²) in [6.45, 7) is 0. The van der Waals surface area contributed by atoms with Crippen molar-refractivity contribution in [2.45, 2.75) is 0 Å². The van der Waals surface area contributed by atoms with Crippen LogP contribution in [0, 0.1) is 5.82 Å². The molecule has 2 aromatic carbocycles. The third-order valence-electron chi connectivity index (χ3n) is 2.26. The van der Waals surface area contributed by atoms with Crippen molar-refractivity contribution in [3.8, 4) is 11.1 Å². The van der Waals surface area contributed by atoms with E-state index in [0.717, 1.165) is 11.1 Å². The van der Waals surface area contributed by atoms with Crippen molar-refractivity contribution in [1.82, 2.24) is 0 Å². The molecule has 2 aromatic rings. The van der Waals surface area contributed by atoms with Crippen LogP contribution in [0.3, 0.4) is 0 Å². The molecule has 0 aliphatic rings. The lowest BCUT2D eigenvalue weighted by Crippen LogP contribution is -1.95. The number of halogens is 1. The van der Waals surface area contributed by atoms with Crippen LogP contribution in [0.1, 0.15) is 0 Å². The molecule has 4 N–H and O–H groups in total. The first kappa shape index (κ1) is 9.52. The van der Waals surface area contributed by atoms with Crippen molar-refractivity contribution >= 4 is 11.4 Å². The molecule has 0 amide bonds. The summed E-state index contributed by atoms with van der Waals surface area (Å²) in [5, 5.41) is 0. The van der Waals surface area contributed by atoms with E-state index >= 15 is 0 Å². The number of nitrogens with two attached hydrogens (primary N) is 2. The van der Waals surface area contributed by atoms with Crippen LogP contribution >= 0.6 is 0 Å². The molecule has 0 aliphatic heterocycles. The van der Waals surface area contributed by atoms with E-state index in [1.54, 1.807) is 30.3 Å². The Morgan fingerprint density at radius 3 is 1.87 bits per heavy atom. The van der Waals surface area contributed by atoms with Gasteiger partial charge in [0.2, 0.25) is 0 Å². The molecule has 0 bridgehead atoms. The molecular formula is C12H11FN2. The Morgan fingerprint density at radius 2 is 1.33 bits per heavy atom. The maximum Gasteiger partial charge on any atom is 0.123 e. The average Bonchev–Trinajstić information content (AvgIpc) is 2.20. The fourth-order valence-corrected chi connectivity index (χ4v) is 1.54. The van der Waals surface area contributed by atoms with Gasteiger partial charge in [0.1, 0.15) is 5.82 Å². The van der Waals surface area contributed by atoms with Crippen LogP contribution in [-0.2, 0) is 0 Å². The summed E-state index contributed by atoms with van der Waals surface area (Å²) < 4.78 is 12.7. The fourth-order valence-electron chi connectivity index (χ4n) is 1.54. The van der Waals surface area contributed by atoms with E-state index in [-0.39, 0.29) is 5.82 Å². The molecule has 0 fully saturated rings. The van der Waals surface area contributed by atoms with Crippen molar-refractivity contribution in [2.75, 3.05) is 11.5 Å². The summed E-state index contributed by atoms with van der Waals surface area (Å²) in [6.07, 6.45) is 0. The number of hydrogen-bond acceptors (Lipinski definition) is 2. The molecule has 0 radical (unpaired) electrons. The number of rotatable bonds is 1. The highest BCUT2D eigenvalue weighted by atomic mass is 19.1. The topological polar surface area (TPSA) is 52.0 Å². The Kier molecular flexibility index (Phi) is 2.29. The number of benzene rings is 2. The number of hydrogen-bond donors (Lipinski definition) is 2. The zero-order valence-corrected chi connectivity index (χ0v) is 8.07. The van der Waals surface area contributed by atoms with E-state index in [2.05, 4.69) is 0 Å². The van der Waals surface area contributed by atoms with Gasteiger partial charge in [0.05, 0.1) is 0 Å². The van der Waals surface area contributed by atoms with Gasteiger partial charge in [-0.2, -0.15) is 0 Å². The molecule has 15 heavy (non-hydrogen) atoms. The molecule has 0 unspecified atom stereocenters. The summed E-state index contributed by atoms with van der Waals surface area (Å²) in [5.41, 5.74) is 14.4. The van der Waals surface area contributed by atoms with Gasteiger partial charge in [-0.25, -0.2) is 4.39 Å². The van der Waals surface area contributed by atoms with Gasteiger partial charge in [-0.15, -0.1) is 0 Å². The van der Waals surface area contributed by atoms with Gasteiger partial charge in [0, 0.05) is 16.9 Å². The molecule has 0 heterocycles. The Hall–Kier alpha value is -2.03. The van der Waals surface area contributed by atoms with Gasteiger partial charge in [-0.3, -0.25) is 0 Å². The van der Waals surface area contributed by atoms with Crippen LogP contribution in [0.2, 0.25) is 0 Å². The second kappa shape index (κ2) is 3.61. The predicted octanol–water partition coefficient (Wildman–Crippen LogP) is 2.66. The molecule has 0 atom stereocenters. The molecule has 0 aromatic heterocycles. The maximum absolute atomic E-state index is 12.7. The zero-order chi connectivity index (χ0) is 10.8. The number of anilines is 2. The number of nitrogen functional groups attached to an aromatic ring is 2. The van der Waals surface area contributed by atoms with E-state index < -0.39 is 0 Å². The normalized spacial score (nSPS) is 10.2. The summed E-state index contributed by atoms with van der Waals surface area (Å²) in [5.74, 6) is -0.271. The van der Waals surface area contributed by atoms with Crippen molar-refractivity contribution in [2.24, 2.45) is 0 Å². The average molecular weight is 202 g/mol. The summed E-state index contributed by atoms with van der Waals surface area (Å²) >= 11 is 0. The highest BCUT2D eigenvalue weighted by Gasteiger charge is 2.05. The van der Waals surface area contributed by atoms with Crippen molar-refractivity contribution in [1.29, 1.82) is 0 Å². The van der Waals surface area contributed by atoms with Crippen molar-refractivity contribution < 1.29 is 4.39 Å². The van der Waals surface area contributed by atoms with Crippen LogP contribution in [-0.4, -0.2) is 0 Å². The molecule has 3 heteroatoms. The smallest absolute Gasteiger partial charge is 0.123 e. The molecule has 0 spiro atoms. The molecule has 2 rings (SSSR count). The highest BCUT2D eigenvalue weighted by Crippen LogP contribution is 2.31. The molecule has 2 nitrogen and oxygen atoms in total. The van der Waals surface area contributed by atoms with Crippen LogP contribution in [0.25, 0.3) is 11.1 Å². The Balaban J connectivity index is 2.58. The molecule has 76 valence electrons. The van der Waals surface area contributed by atoms with Gasteiger partial charge in [0.25, 0.3) is 0 Å². The van der Waals surface area contributed by atoms with Gasteiger partial charge in [0.15, 0.2) is 0 Å². The minimum absolute atomic E-state index is 0.271. The van der Waals surface area contributed by atoms with Crippen molar-refractivity contribution in [3.63, 3.8) is 0 Å². The lowest BCUT2D eigenvalue weighted by atomic mass is 10.0. The van der Waals surface area contributed by atoms with Gasteiger partial charge >= 0.3 is 0 Å². The fraction of sp³-hybridized carbons (Fsp3) is 0. The van der Waals surface area contributed by atoms with E-state index in [4.69, 9.17) is 11.5 Å². The van der Waals surface area contributed by atoms with E-state index in [1.807, 2.05) is 0 Å². The van der Waals surface area contributed by atoms with Crippen LogP contribution < -0.4 is 11.5 Å². The van der Waals surface area contributed by atoms with Gasteiger partial charge in [-0.1, -0.05) is 18.2 Å². The van der Waals surface area contributed by atoms with Crippen LogP contribution in [0.15, 0.2) is 42.5 Å². The molecule has 0 saturated carbocycles. The lowest BCUT2D eigenvalue weighted by Gasteiger charge is -2.08. The van der Waals surface area contributed by atoms with E-state index in [1.165, 1.54) is 12.1 Å². The minimum Gasteiger partial charge on any atom is -0.398 e. The van der Waals surface area contributed by atoms with Crippen LogP contribution in [0.4, 0.5) is 15.8 Å². The Bertz CT molecular complexity index is 457. The summed E-state index contributed by atoms with van der Waals surface area (Å²) in [6, 6.07) is 11.4. The SMILES string of the molecule is Nc1cccc(N)c1-c1ccc(F)cc1. The maximum atomic E-state index is 12.7. The van der Waals surface area contributed by atoms with Crippen molar-refractivity contribution in [3.05, 3.63) is 48.3 Å². The second-order valence-electron chi connectivity index (χ2n) is 3.32. The third-order valence-corrected chi connectivity index (χ3v) is 2.26. The van der Waals surface area contributed by atoms with E-state index in [0.29, 0.717) is 11.4 Å². The van der Waals surface area contributed by atoms with Crippen LogP contribution in [0.5, 0.6) is 0 Å². The Labute approximate surface area is 87.3 Å². The standard InChI is InChI=1S/C12H11FN2/c13-9-6-4-8(5-7-9)12-10(14)2-1-3-11(12)15/h1-7H,14-15H2. The first-order chi connectivity index (χ1) is 7.18. The monoisotopic (exact) mass is 202 g/mol. The first-order valence-corrected chi connectivity index (χ1v) is 4.58. The Morgan fingerprint density at radius 1 is 0.800 bits per heavy atom. The largest absolute Gasteiger partial charge is 0.398 e. The highest BCUT2D eigenvalue weighted by molar-refractivity contribution is 5.86. The summed E-state index contributed by atoms with van der Waals surface area (Å²) in [4.78, 5) is 0. The predicted molar refractivity (Wildman–Crippen MR) is 60.7 cm³/mol. The second-order valence-corrected chi connectivity index (χ2v) is 3.32. The molecular weight excluding hydrogens is 191 g/mol. The first-order valence-electron chi connectivity index (χ1n) is 4.58. The lowest BCUT2D eigenvalue weighted by molar-refractivity contribution is 0.628. The van der Waals surface area contributed by atoms with Gasteiger partial charge in [-0.05, 0) is 29.8 Å². The van der Waals surface area contributed by atoms with Gasteiger partial charge < -0.3 is 11.5 Å². The minimum atomic E-state index is -0.271. The van der Waals surface area contributed by atoms with E-state index in [9.17, 15) is 4.39 Å². The molecule has 0 saturated heterocycles. The zero-order valence-electron chi connectivity index (χ0n) is 8.07. The third kappa shape index (κ3) is 1.76. The summed E-state index contributed by atoms with van der Waals surface area (Å²) in [7, 11) is 0. The quantitative estimate of drug-likeness (QED) is 0.698. The molecule has 0 aliphatic carbocycles.